The zero-order valence-electron chi connectivity index (χ0n) is 10.2. The van der Waals surface area contributed by atoms with Crippen LogP contribution in [0.2, 0.25) is 5.02 Å². The number of benzene rings is 1. The van der Waals surface area contributed by atoms with Gasteiger partial charge in [-0.25, -0.2) is 8.42 Å². The van der Waals surface area contributed by atoms with Crippen LogP contribution in [0, 0.1) is 11.8 Å². The smallest absolute Gasteiger partial charge is 0.239 e. The first-order chi connectivity index (χ1) is 8.81. The van der Waals surface area contributed by atoms with E-state index in [9.17, 15) is 13.2 Å². The third-order valence-electron chi connectivity index (χ3n) is 1.97. The lowest BCUT2D eigenvalue weighted by molar-refractivity contribution is -0.113. The molecular formula is C12H13ClN2O3S. The number of nitrogens with one attached hydrogen (secondary N) is 1. The van der Waals surface area contributed by atoms with Gasteiger partial charge in [-0.2, -0.15) is 0 Å². The highest BCUT2D eigenvalue weighted by Crippen LogP contribution is 2.19. The second-order valence-corrected chi connectivity index (χ2v) is 6.39. The fraction of sp³-hybridized carbons (Fsp3) is 0.250. The summed E-state index contributed by atoms with van der Waals surface area (Å²) in [6, 6.07) is 4.70. The van der Waals surface area contributed by atoms with Crippen molar-refractivity contribution in [1.82, 2.24) is 0 Å². The summed E-state index contributed by atoms with van der Waals surface area (Å²) < 4.78 is 22.0. The van der Waals surface area contributed by atoms with Crippen LogP contribution in [0.25, 0.3) is 0 Å². The summed E-state index contributed by atoms with van der Waals surface area (Å²) in [5, 5.41) is 2.94. The maximum absolute atomic E-state index is 11.5. The van der Waals surface area contributed by atoms with Gasteiger partial charge in [-0.05, 0) is 18.2 Å². The normalized spacial score (nSPS) is 10.5. The average Bonchev–Trinajstić information content (AvgIpc) is 2.27. The predicted octanol–water partition coefficient (Wildman–Crippen LogP) is 0.633. The van der Waals surface area contributed by atoms with Crippen molar-refractivity contribution in [3.8, 4) is 11.8 Å². The Kier molecular flexibility index (Phi) is 5.36. The summed E-state index contributed by atoms with van der Waals surface area (Å²) in [7, 11) is -3.38. The molecule has 7 heteroatoms. The minimum atomic E-state index is -3.38. The molecule has 1 amide bonds. The molecule has 3 N–H and O–H groups in total. The molecule has 5 nitrogen and oxygen atoms in total. The zero-order chi connectivity index (χ0) is 14.5. The number of hydrogen-bond donors (Lipinski definition) is 2. The summed E-state index contributed by atoms with van der Waals surface area (Å²) in [4.78, 5) is 11.5. The van der Waals surface area contributed by atoms with Crippen LogP contribution >= 0.6 is 11.6 Å². The summed E-state index contributed by atoms with van der Waals surface area (Å²) in [5.41, 5.74) is 6.16. The first-order valence-corrected chi connectivity index (χ1v) is 7.72. The van der Waals surface area contributed by atoms with Gasteiger partial charge in [0.2, 0.25) is 5.91 Å². The first-order valence-electron chi connectivity index (χ1n) is 5.28. The van der Waals surface area contributed by atoms with Crippen molar-refractivity contribution in [2.24, 2.45) is 5.73 Å². The molecule has 0 bridgehead atoms. The second-order valence-electron chi connectivity index (χ2n) is 3.81. The third-order valence-corrected chi connectivity index (χ3v) is 3.00. The van der Waals surface area contributed by atoms with E-state index >= 15 is 0 Å². The van der Waals surface area contributed by atoms with Crippen LogP contribution in [-0.4, -0.2) is 32.9 Å². The molecule has 0 fully saturated rings. The van der Waals surface area contributed by atoms with E-state index in [0.717, 1.165) is 6.26 Å². The van der Waals surface area contributed by atoms with Crippen molar-refractivity contribution >= 4 is 33.0 Å². The minimum absolute atomic E-state index is 0.170. The molecule has 0 saturated heterocycles. The molecular weight excluding hydrogens is 288 g/mol. The Balaban J connectivity index is 2.97. The number of halogens is 1. The Labute approximate surface area is 117 Å². The summed E-state index contributed by atoms with van der Waals surface area (Å²) >= 11 is 5.83. The molecule has 1 aromatic carbocycles. The molecule has 0 aliphatic heterocycles. The zero-order valence-corrected chi connectivity index (χ0v) is 11.8. The highest BCUT2D eigenvalue weighted by Gasteiger charge is 2.12. The van der Waals surface area contributed by atoms with Crippen LogP contribution in [0.4, 0.5) is 5.69 Å². The van der Waals surface area contributed by atoms with Gasteiger partial charge in [-0.15, -0.1) is 0 Å². The van der Waals surface area contributed by atoms with Crippen molar-refractivity contribution in [1.29, 1.82) is 0 Å². The van der Waals surface area contributed by atoms with E-state index in [0.29, 0.717) is 16.3 Å². The summed E-state index contributed by atoms with van der Waals surface area (Å²) in [6.45, 7) is 0.170. The van der Waals surface area contributed by atoms with Crippen molar-refractivity contribution in [3.05, 3.63) is 28.8 Å². The maximum atomic E-state index is 11.5. The monoisotopic (exact) mass is 300 g/mol. The second kappa shape index (κ2) is 6.57. The van der Waals surface area contributed by atoms with E-state index in [1.807, 2.05) is 0 Å². The van der Waals surface area contributed by atoms with E-state index in [4.69, 9.17) is 17.3 Å². The van der Waals surface area contributed by atoms with Crippen LogP contribution in [0.3, 0.4) is 0 Å². The molecule has 1 rings (SSSR count). The van der Waals surface area contributed by atoms with Gasteiger partial charge in [0.1, 0.15) is 5.75 Å². The van der Waals surface area contributed by atoms with E-state index in [2.05, 4.69) is 17.2 Å². The Morgan fingerprint density at radius 3 is 2.74 bits per heavy atom. The van der Waals surface area contributed by atoms with Gasteiger partial charge in [-0.1, -0.05) is 23.4 Å². The number of amides is 1. The van der Waals surface area contributed by atoms with Crippen molar-refractivity contribution < 1.29 is 13.2 Å². The molecule has 0 unspecified atom stereocenters. The lowest BCUT2D eigenvalue weighted by atomic mass is 10.2. The van der Waals surface area contributed by atoms with Crippen LogP contribution in [0.5, 0.6) is 0 Å². The van der Waals surface area contributed by atoms with E-state index in [1.165, 1.54) is 0 Å². The number of rotatable bonds is 3. The van der Waals surface area contributed by atoms with Crippen LogP contribution in [-0.2, 0) is 14.6 Å². The number of nitrogens with two attached hydrogens (primary N) is 1. The first kappa shape index (κ1) is 15.5. The highest BCUT2D eigenvalue weighted by atomic mass is 35.5. The van der Waals surface area contributed by atoms with E-state index < -0.39 is 21.5 Å². The molecule has 0 radical (unpaired) electrons. The van der Waals surface area contributed by atoms with Gasteiger partial charge >= 0.3 is 0 Å². The van der Waals surface area contributed by atoms with Gasteiger partial charge in [0.25, 0.3) is 0 Å². The van der Waals surface area contributed by atoms with Crippen LogP contribution < -0.4 is 11.1 Å². The lowest BCUT2D eigenvalue weighted by Gasteiger charge is -2.07. The topological polar surface area (TPSA) is 89.3 Å². The lowest BCUT2D eigenvalue weighted by Crippen LogP contribution is -2.22. The van der Waals surface area contributed by atoms with Gasteiger partial charge in [0, 0.05) is 16.8 Å². The summed E-state index contributed by atoms with van der Waals surface area (Å²) in [5.74, 6) is 4.19. The Hall–Kier alpha value is -1.55. The van der Waals surface area contributed by atoms with Gasteiger partial charge < -0.3 is 11.1 Å². The molecule has 1 aromatic rings. The molecule has 19 heavy (non-hydrogen) atoms. The number of carbonyl (C=O) groups excluding carboxylic acids is 1. The van der Waals surface area contributed by atoms with Gasteiger partial charge in [0.15, 0.2) is 9.84 Å². The SMILES string of the molecule is CS(=O)(=O)CC(=O)Nc1ccc(Cl)cc1C#CCN. The summed E-state index contributed by atoms with van der Waals surface area (Å²) in [6.07, 6.45) is 0.990. The van der Waals surface area contributed by atoms with Crippen molar-refractivity contribution in [3.63, 3.8) is 0 Å². The molecule has 0 aliphatic rings. The van der Waals surface area contributed by atoms with Gasteiger partial charge in [-0.3, -0.25) is 4.79 Å². The van der Waals surface area contributed by atoms with E-state index in [-0.39, 0.29) is 6.54 Å². The number of anilines is 1. The number of hydrogen-bond acceptors (Lipinski definition) is 4. The maximum Gasteiger partial charge on any atom is 0.239 e. The molecule has 0 aromatic heterocycles. The molecule has 0 atom stereocenters. The molecule has 0 heterocycles. The van der Waals surface area contributed by atoms with Crippen molar-refractivity contribution in [2.75, 3.05) is 23.9 Å². The fourth-order valence-electron chi connectivity index (χ4n) is 1.30. The number of sulfone groups is 1. The van der Waals surface area contributed by atoms with E-state index in [1.54, 1.807) is 18.2 Å². The largest absolute Gasteiger partial charge is 0.324 e. The molecule has 0 saturated carbocycles. The fourth-order valence-corrected chi connectivity index (χ4v) is 2.02. The molecule has 0 spiro atoms. The Morgan fingerprint density at radius 1 is 1.47 bits per heavy atom. The predicted molar refractivity (Wildman–Crippen MR) is 75.7 cm³/mol. The third kappa shape index (κ3) is 5.75. The standard InChI is InChI=1S/C12H13ClN2O3S/c1-19(17,18)8-12(16)15-11-5-4-10(13)7-9(11)3-2-6-14/h4-5,7H,6,8,14H2,1H3,(H,15,16). The Morgan fingerprint density at radius 2 is 2.16 bits per heavy atom. The van der Waals surface area contributed by atoms with Crippen LogP contribution in [0.15, 0.2) is 18.2 Å². The highest BCUT2D eigenvalue weighted by molar-refractivity contribution is 7.91. The quantitative estimate of drug-likeness (QED) is 0.801. The molecule has 0 aliphatic carbocycles. The van der Waals surface area contributed by atoms with Crippen LogP contribution in [0.1, 0.15) is 5.56 Å². The minimum Gasteiger partial charge on any atom is -0.324 e. The Bertz CT molecular complexity index is 645. The molecule has 102 valence electrons. The average molecular weight is 301 g/mol. The van der Waals surface area contributed by atoms with Crippen molar-refractivity contribution in [2.45, 2.75) is 0 Å². The number of carbonyl (C=O) groups is 1. The van der Waals surface area contributed by atoms with Gasteiger partial charge in [0.05, 0.1) is 12.2 Å².